The summed E-state index contributed by atoms with van der Waals surface area (Å²) in [6, 6.07) is 8.62. The van der Waals surface area contributed by atoms with E-state index >= 15 is 0 Å². The zero-order chi connectivity index (χ0) is 20.0. The van der Waals surface area contributed by atoms with Gasteiger partial charge in [-0.05, 0) is 55.7 Å². The standard InChI is InChI=1S/C19H19Cl2N3O3/c1-4-27-17-14(20)8-13(9-15(17)21)10-22-24-19(26)18(25)23-16-7-5-6-11(2)12(16)3/h5-10H,4H2,1-3H3,(H,23,25)(H,24,26)/b22-10-. The van der Waals surface area contributed by atoms with Crippen molar-refractivity contribution < 1.29 is 14.3 Å². The molecule has 0 fully saturated rings. The van der Waals surface area contributed by atoms with Gasteiger partial charge in [-0.25, -0.2) is 5.43 Å². The highest BCUT2D eigenvalue weighted by molar-refractivity contribution is 6.40. The number of carbonyl (C=O) groups is 2. The zero-order valence-electron chi connectivity index (χ0n) is 15.1. The maximum Gasteiger partial charge on any atom is 0.329 e. The number of nitrogens with one attached hydrogen (secondary N) is 2. The van der Waals surface area contributed by atoms with E-state index in [0.717, 1.165) is 11.1 Å². The minimum atomic E-state index is -0.893. The SMILES string of the molecule is CCOc1c(Cl)cc(/C=N\NC(=O)C(=O)Nc2cccc(C)c2C)cc1Cl. The van der Waals surface area contributed by atoms with E-state index in [1.54, 1.807) is 24.3 Å². The number of halogens is 2. The van der Waals surface area contributed by atoms with Crippen LogP contribution in [0.5, 0.6) is 5.75 Å². The Kier molecular flexibility index (Phi) is 7.21. The van der Waals surface area contributed by atoms with E-state index in [2.05, 4.69) is 15.8 Å². The number of rotatable bonds is 5. The predicted octanol–water partition coefficient (Wildman–Crippen LogP) is 4.10. The lowest BCUT2D eigenvalue weighted by molar-refractivity contribution is -0.136. The average molecular weight is 408 g/mol. The average Bonchev–Trinajstić information content (AvgIpc) is 2.62. The molecule has 0 radical (unpaired) electrons. The number of hydrazone groups is 1. The fraction of sp³-hybridized carbons (Fsp3) is 0.211. The number of benzene rings is 2. The molecule has 0 saturated carbocycles. The second-order valence-electron chi connectivity index (χ2n) is 5.65. The van der Waals surface area contributed by atoms with Crippen LogP contribution in [0.1, 0.15) is 23.6 Å². The van der Waals surface area contributed by atoms with E-state index in [4.69, 9.17) is 27.9 Å². The number of hydrogen-bond acceptors (Lipinski definition) is 4. The Labute approximate surface area is 167 Å². The Bertz CT molecular complexity index is 875. The number of hydrogen-bond donors (Lipinski definition) is 2. The predicted molar refractivity (Wildman–Crippen MR) is 108 cm³/mol. The Balaban J connectivity index is 2.00. The summed E-state index contributed by atoms with van der Waals surface area (Å²) in [5, 5.41) is 6.96. The summed E-state index contributed by atoms with van der Waals surface area (Å²) in [4.78, 5) is 23.9. The third kappa shape index (κ3) is 5.45. The maximum absolute atomic E-state index is 12.0. The Morgan fingerprint density at radius 1 is 1.15 bits per heavy atom. The van der Waals surface area contributed by atoms with E-state index in [-0.39, 0.29) is 0 Å². The van der Waals surface area contributed by atoms with Crippen molar-refractivity contribution >= 4 is 46.9 Å². The molecular weight excluding hydrogens is 389 g/mol. The zero-order valence-corrected chi connectivity index (χ0v) is 16.6. The van der Waals surface area contributed by atoms with Crippen molar-refractivity contribution in [3.05, 3.63) is 57.1 Å². The van der Waals surface area contributed by atoms with E-state index in [0.29, 0.717) is 33.7 Å². The molecule has 2 rings (SSSR count). The smallest absolute Gasteiger partial charge is 0.329 e. The Morgan fingerprint density at radius 3 is 2.44 bits per heavy atom. The molecule has 0 spiro atoms. The van der Waals surface area contributed by atoms with E-state index < -0.39 is 11.8 Å². The maximum atomic E-state index is 12.0. The Morgan fingerprint density at radius 2 is 1.81 bits per heavy atom. The van der Waals surface area contributed by atoms with Gasteiger partial charge in [-0.3, -0.25) is 9.59 Å². The molecule has 2 aromatic rings. The lowest BCUT2D eigenvalue weighted by atomic mass is 10.1. The third-order valence-electron chi connectivity index (χ3n) is 3.75. The highest BCUT2D eigenvalue weighted by Crippen LogP contribution is 2.33. The fourth-order valence-corrected chi connectivity index (χ4v) is 2.83. The Hall–Kier alpha value is -2.57. The van der Waals surface area contributed by atoms with Gasteiger partial charge in [0.1, 0.15) is 0 Å². The lowest BCUT2D eigenvalue weighted by Crippen LogP contribution is -2.32. The second-order valence-corrected chi connectivity index (χ2v) is 6.46. The molecule has 2 amide bonds. The van der Waals surface area contributed by atoms with Gasteiger partial charge in [0, 0.05) is 5.69 Å². The van der Waals surface area contributed by atoms with Crippen molar-refractivity contribution in [3.8, 4) is 5.75 Å². The summed E-state index contributed by atoms with van der Waals surface area (Å²) in [7, 11) is 0. The van der Waals surface area contributed by atoms with Crippen molar-refractivity contribution in [2.24, 2.45) is 5.10 Å². The van der Waals surface area contributed by atoms with Gasteiger partial charge < -0.3 is 10.1 Å². The van der Waals surface area contributed by atoms with Crippen LogP contribution in [0, 0.1) is 13.8 Å². The molecule has 6 nitrogen and oxygen atoms in total. The summed E-state index contributed by atoms with van der Waals surface area (Å²) in [6.07, 6.45) is 1.33. The molecule has 0 aliphatic rings. The number of amides is 2. The van der Waals surface area contributed by atoms with Gasteiger partial charge in [0.2, 0.25) is 0 Å². The van der Waals surface area contributed by atoms with Gasteiger partial charge in [0.15, 0.2) is 5.75 Å². The van der Waals surface area contributed by atoms with Crippen molar-refractivity contribution in [1.29, 1.82) is 0 Å². The number of aryl methyl sites for hydroxylation is 1. The van der Waals surface area contributed by atoms with Gasteiger partial charge in [0.05, 0.1) is 22.9 Å². The van der Waals surface area contributed by atoms with Gasteiger partial charge in [0.25, 0.3) is 0 Å². The lowest BCUT2D eigenvalue weighted by Gasteiger charge is -2.09. The summed E-state index contributed by atoms with van der Waals surface area (Å²) >= 11 is 12.2. The monoisotopic (exact) mass is 407 g/mol. The molecule has 0 atom stereocenters. The first kappa shape index (κ1) is 20.7. The molecule has 0 aliphatic carbocycles. The first-order chi connectivity index (χ1) is 12.8. The highest BCUT2D eigenvalue weighted by Gasteiger charge is 2.14. The summed E-state index contributed by atoms with van der Waals surface area (Å²) in [5.74, 6) is -1.33. The van der Waals surface area contributed by atoms with Gasteiger partial charge >= 0.3 is 11.8 Å². The van der Waals surface area contributed by atoms with Crippen LogP contribution >= 0.6 is 23.2 Å². The quantitative estimate of drug-likeness (QED) is 0.444. The molecule has 2 N–H and O–H groups in total. The van der Waals surface area contributed by atoms with Crippen LogP contribution in [-0.2, 0) is 9.59 Å². The van der Waals surface area contributed by atoms with E-state index in [9.17, 15) is 9.59 Å². The van der Waals surface area contributed by atoms with Crippen molar-refractivity contribution in [2.45, 2.75) is 20.8 Å². The largest absolute Gasteiger partial charge is 0.491 e. The molecular formula is C19H19Cl2N3O3. The number of ether oxygens (including phenoxy) is 1. The molecule has 0 unspecified atom stereocenters. The van der Waals surface area contributed by atoms with Crippen LogP contribution in [-0.4, -0.2) is 24.6 Å². The molecule has 0 bridgehead atoms. The molecule has 0 aliphatic heterocycles. The van der Waals surface area contributed by atoms with Crippen molar-refractivity contribution in [3.63, 3.8) is 0 Å². The second kappa shape index (κ2) is 9.39. The number of anilines is 1. The van der Waals surface area contributed by atoms with Gasteiger partial charge in [-0.15, -0.1) is 0 Å². The van der Waals surface area contributed by atoms with Crippen LogP contribution in [0.3, 0.4) is 0 Å². The van der Waals surface area contributed by atoms with Crippen LogP contribution in [0.25, 0.3) is 0 Å². The molecule has 27 heavy (non-hydrogen) atoms. The normalized spacial score (nSPS) is 10.7. The van der Waals surface area contributed by atoms with Crippen LogP contribution < -0.4 is 15.5 Å². The minimum Gasteiger partial charge on any atom is -0.491 e. The van der Waals surface area contributed by atoms with Crippen LogP contribution in [0.2, 0.25) is 10.0 Å². The van der Waals surface area contributed by atoms with Gasteiger partial charge in [-0.2, -0.15) is 5.10 Å². The van der Waals surface area contributed by atoms with Crippen LogP contribution in [0.15, 0.2) is 35.4 Å². The fourth-order valence-electron chi connectivity index (χ4n) is 2.22. The van der Waals surface area contributed by atoms with Crippen molar-refractivity contribution in [1.82, 2.24) is 5.43 Å². The molecule has 0 heterocycles. The topological polar surface area (TPSA) is 79.8 Å². The van der Waals surface area contributed by atoms with Gasteiger partial charge in [-0.1, -0.05) is 35.3 Å². The third-order valence-corrected chi connectivity index (χ3v) is 4.31. The summed E-state index contributed by atoms with van der Waals surface area (Å²) < 4.78 is 5.34. The molecule has 2 aromatic carbocycles. The molecule has 0 aromatic heterocycles. The molecule has 8 heteroatoms. The minimum absolute atomic E-state index is 0.324. The number of nitrogens with zero attached hydrogens (tertiary/aromatic N) is 1. The summed E-state index contributed by atoms with van der Waals surface area (Å²) in [6.45, 7) is 6.03. The molecule has 0 saturated heterocycles. The van der Waals surface area contributed by atoms with E-state index in [1.807, 2.05) is 26.8 Å². The van der Waals surface area contributed by atoms with E-state index in [1.165, 1.54) is 6.21 Å². The summed E-state index contributed by atoms with van der Waals surface area (Å²) in [5.41, 5.74) is 5.18. The van der Waals surface area contributed by atoms with Crippen LogP contribution in [0.4, 0.5) is 5.69 Å². The van der Waals surface area contributed by atoms with Crippen molar-refractivity contribution in [2.75, 3.05) is 11.9 Å². The number of carbonyl (C=O) groups excluding carboxylic acids is 2. The first-order valence-electron chi connectivity index (χ1n) is 8.16. The highest BCUT2D eigenvalue weighted by atomic mass is 35.5. The first-order valence-corrected chi connectivity index (χ1v) is 8.91. The molecule has 142 valence electrons.